The van der Waals surface area contributed by atoms with E-state index in [0.29, 0.717) is 17.0 Å². The van der Waals surface area contributed by atoms with Gasteiger partial charge in [0.05, 0.1) is 12.8 Å². The smallest absolute Gasteiger partial charge is 0.273 e. The first-order valence-corrected chi connectivity index (χ1v) is 6.28. The first-order valence-electron chi connectivity index (χ1n) is 6.28. The summed E-state index contributed by atoms with van der Waals surface area (Å²) in [6, 6.07) is 9.43. The minimum Gasteiger partial charge on any atom is -0.495 e. The predicted molar refractivity (Wildman–Crippen MR) is 77.5 cm³/mol. The van der Waals surface area contributed by atoms with E-state index in [4.69, 9.17) is 10.00 Å². The van der Waals surface area contributed by atoms with Gasteiger partial charge >= 0.3 is 0 Å². The molecule has 102 valence electrons. The number of ether oxygens (including phenoxy) is 1. The second-order valence-corrected chi connectivity index (χ2v) is 4.77. The normalized spacial score (nSPS) is 10.2. The predicted octanol–water partition coefficient (Wildman–Crippen LogP) is 2.64. The SMILES string of the molecule is COc1ccc(C)cc1-n1c(C)cc(C)c(C#N)c1=O. The van der Waals surface area contributed by atoms with E-state index in [0.717, 1.165) is 11.3 Å². The molecule has 0 spiro atoms. The molecule has 0 aliphatic heterocycles. The monoisotopic (exact) mass is 268 g/mol. The molecule has 0 radical (unpaired) electrons. The number of aryl methyl sites for hydroxylation is 3. The van der Waals surface area contributed by atoms with E-state index >= 15 is 0 Å². The Morgan fingerprint density at radius 2 is 1.90 bits per heavy atom. The number of pyridine rings is 1. The Kier molecular flexibility index (Phi) is 3.62. The zero-order valence-corrected chi connectivity index (χ0v) is 12.0. The number of hydrogen-bond acceptors (Lipinski definition) is 3. The summed E-state index contributed by atoms with van der Waals surface area (Å²) in [5, 5.41) is 9.15. The van der Waals surface area contributed by atoms with E-state index < -0.39 is 0 Å². The molecule has 0 aliphatic rings. The summed E-state index contributed by atoms with van der Waals surface area (Å²) < 4.78 is 6.85. The Balaban J connectivity index is 2.87. The fourth-order valence-corrected chi connectivity index (χ4v) is 2.30. The lowest BCUT2D eigenvalue weighted by Crippen LogP contribution is -2.24. The van der Waals surface area contributed by atoms with Crippen molar-refractivity contribution in [3.63, 3.8) is 0 Å². The molecule has 0 amide bonds. The van der Waals surface area contributed by atoms with Gasteiger partial charge in [-0.2, -0.15) is 5.26 Å². The number of hydrogen-bond donors (Lipinski definition) is 0. The highest BCUT2D eigenvalue weighted by Gasteiger charge is 2.14. The summed E-state index contributed by atoms with van der Waals surface area (Å²) in [4.78, 5) is 12.5. The fraction of sp³-hybridized carbons (Fsp3) is 0.250. The summed E-state index contributed by atoms with van der Waals surface area (Å²) in [6.07, 6.45) is 0. The van der Waals surface area contributed by atoms with Crippen LogP contribution < -0.4 is 10.3 Å². The minimum atomic E-state index is -0.311. The van der Waals surface area contributed by atoms with Crippen molar-refractivity contribution in [2.24, 2.45) is 0 Å². The summed E-state index contributed by atoms with van der Waals surface area (Å²) in [7, 11) is 1.56. The van der Waals surface area contributed by atoms with Gasteiger partial charge in [-0.3, -0.25) is 9.36 Å². The quantitative estimate of drug-likeness (QED) is 0.841. The van der Waals surface area contributed by atoms with Crippen molar-refractivity contribution in [3.8, 4) is 17.5 Å². The van der Waals surface area contributed by atoms with Crippen molar-refractivity contribution < 1.29 is 4.74 Å². The number of nitrogens with zero attached hydrogens (tertiary/aromatic N) is 2. The number of aromatic nitrogens is 1. The van der Waals surface area contributed by atoms with Crippen LogP contribution in [0.15, 0.2) is 29.1 Å². The molecule has 2 rings (SSSR count). The lowest BCUT2D eigenvalue weighted by molar-refractivity contribution is 0.412. The maximum atomic E-state index is 12.5. The fourth-order valence-electron chi connectivity index (χ4n) is 2.30. The van der Waals surface area contributed by atoms with E-state index in [-0.39, 0.29) is 11.1 Å². The summed E-state index contributed by atoms with van der Waals surface area (Å²) >= 11 is 0. The minimum absolute atomic E-state index is 0.166. The third kappa shape index (κ3) is 2.19. The van der Waals surface area contributed by atoms with E-state index in [2.05, 4.69) is 0 Å². The van der Waals surface area contributed by atoms with Crippen molar-refractivity contribution in [3.05, 3.63) is 57.0 Å². The molecule has 0 fully saturated rings. The van der Waals surface area contributed by atoms with Gasteiger partial charge in [0.25, 0.3) is 5.56 Å². The lowest BCUT2D eigenvalue weighted by Gasteiger charge is -2.15. The van der Waals surface area contributed by atoms with Crippen LogP contribution >= 0.6 is 0 Å². The van der Waals surface area contributed by atoms with Gasteiger partial charge in [-0.1, -0.05) is 6.07 Å². The second kappa shape index (κ2) is 5.22. The van der Waals surface area contributed by atoms with Crippen LogP contribution in [0.4, 0.5) is 0 Å². The Bertz CT molecular complexity index is 767. The lowest BCUT2D eigenvalue weighted by atomic mass is 10.1. The van der Waals surface area contributed by atoms with Gasteiger partial charge in [0.2, 0.25) is 0 Å². The van der Waals surface area contributed by atoms with Crippen LogP contribution in [0.25, 0.3) is 5.69 Å². The highest BCUT2D eigenvalue weighted by molar-refractivity contribution is 5.51. The van der Waals surface area contributed by atoms with Crippen LogP contribution in [0.3, 0.4) is 0 Å². The molecule has 0 N–H and O–H groups in total. The van der Waals surface area contributed by atoms with Crippen LogP contribution in [-0.4, -0.2) is 11.7 Å². The van der Waals surface area contributed by atoms with Crippen LogP contribution in [0.1, 0.15) is 22.4 Å². The molecule has 1 aromatic carbocycles. The maximum absolute atomic E-state index is 12.5. The molecule has 20 heavy (non-hydrogen) atoms. The molecular weight excluding hydrogens is 252 g/mol. The van der Waals surface area contributed by atoms with Gasteiger partial charge < -0.3 is 4.74 Å². The highest BCUT2D eigenvalue weighted by Crippen LogP contribution is 2.24. The van der Waals surface area contributed by atoms with Crippen molar-refractivity contribution in [2.45, 2.75) is 20.8 Å². The standard InChI is InChI=1S/C16H16N2O2/c1-10-5-6-15(20-4)14(7-10)18-12(3)8-11(2)13(9-17)16(18)19/h5-8H,1-4H3. The van der Waals surface area contributed by atoms with Gasteiger partial charge in [0, 0.05) is 5.69 Å². The van der Waals surface area contributed by atoms with E-state index in [1.165, 1.54) is 4.57 Å². The molecule has 0 bridgehead atoms. The Morgan fingerprint density at radius 3 is 2.50 bits per heavy atom. The Labute approximate surface area is 117 Å². The molecule has 2 aromatic rings. The van der Waals surface area contributed by atoms with Gasteiger partial charge in [0.1, 0.15) is 17.4 Å². The molecular formula is C16H16N2O2. The van der Waals surface area contributed by atoms with E-state index in [1.54, 1.807) is 14.0 Å². The molecule has 0 atom stereocenters. The summed E-state index contributed by atoms with van der Waals surface area (Å²) in [5.41, 5.74) is 3.00. The van der Waals surface area contributed by atoms with Gasteiger partial charge in [-0.25, -0.2) is 0 Å². The largest absolute Gasteiger partial charge is 0.495 e. The Hall–Kier alpha value is -2.54. The summed E-state index contributed by atoms with van der Waals surface area (Å²) in [6.45, 7) is 5.56. The van der Waals surface area contributed by atoms with E-state index in [1.807, 2.05) is 44.2 Å². The number of methoxy groups -OCH3 is 1. The highest BCUT2D eigenvalue weighted by atomic mass is 16.5. The van der Waals surface area contributed by atoms with Crippen LogP contribution in [-0.2, 0) is 0 Å². The molecule has 0 saturated carbocycles. The first kappa shape index (κ1) is 13.9. The van der Waals surface area contributed by atoms with Crippen molar-refractivity contribution in [1.82, 2.24) is 4.57 Å². The number of nitriles is 1. The maximum Gasteiger partial charge on any atom is 0.273 e. The molecule has 0 unspecified atom stereocenters. The summed E-state index contributed by atoms with van der Waals surface area (Å²) in [5.74, 6) is 0.605. The molecule has 4 nitrogen and oxygen atoms in total. The van der Waals surface area contributed by atoms with Crippen LogP contribution in [0.2, 0.25) is 0 Å². The first-order chi connectivity index (χ1) is 9.49. The van der Waals surface area contributed by atoms with Crippen molar-refractivity contribution in [2.75, 3.05) is 7.11 Å². The molecule has 1 heterocycles. The molecule has 0 aliphatic carbocycles. The topological polar surface area (TPSA) is 55.0 Å². The third-order valence-electron chi connectivity index (χ3n) is 3.28. The Morgan fingerprint density at radius 1 is 1.20 bits per heavy atom. The van der Waals surface area contributed by atoms with Crippen LogP contribution in [0, 0.1) is 32.1 Å². The zero-order chi connectivity index (χ0) is 14.9. The van der Waals surface area contributed by atoms with E-state index in [9.17, 15) is 4.79 Å². The molecule has 0 saturated heterocycles. The molecule has 4 heteroatoms. The van der Waals surface area contributed by atoms with Crippen LogP contribution in [0.5, 0.6) is 5.75 Å². The van der Waals surface area contributed by atoms with Crippen molar-refractivity contribution >= 4 is 0 Å². The van der Waals surface area contributed by atoms with Gasteiger partial charge in [-0.15, -0.1) is 0 Å². The van der Waals surface area contributed by atoms with Crippen molar-refractivity contribution in [1.29, 1.82) is 5.26 Å². The number of benzene rings is 1. The molecule has 1 aromatic heterocycles. The van der Waals surface area contributed by atoms with Gasteiger partial charge in [0.15, 0.2) is 0 Å². The average Bonchev–Trinajstić information content (AvgIpc) is 2.39. The average molecular weight is 268 g/mol. The second-order valence-electron chi connectivity index (χ2n) is 4.77. The number of rotatable bonds is 2. The van der Waals surface area contributed by atoms with Gasteiger partial charge in [-0.05, 0) is 50.1 Å². The third-order valence-corrected chi connectivity index (χ3v) is 3.28. The zero-order valence-electron chi connectivity index (χ0n) is 12.0.